The maximum absolute atomic E-state index is 5.28. The molecule has 0 amide bonds. The lowest BCUT2D eigenvalue weighted by molar-refractivity contribution is 0.214. The highest BCUT2D eigenvalue weighted by Crippen LogP contribution is 2.38. The lowest BCUT2D eigenvalue weighted by Gasteiger charge is -2.13. The van der Waals surface area contributed by atoms with E-state index in [0.29, 0.717) is 23.0 Å². The van der Waals surface area contributed by atoms with Crippen molar-refractivity contribution in [2.45, 2.75) is 6.92 Å². The topological polar surface area (TPSA) is 49.3 Å². The van der Waals surface area contributed by atoms with E-state index in [2.05, 4.69) is 17.0 Å². The number of hydrogen-bond acceptors (Lipinski definition) is 5. The minimum atomic E-state index is 0.490. The van der Waals surface area contributed by atoms with E-state index in [1.54, 1.807) is 40.4 Å². The Morgan fingerprint density at radius 2 is 1.58 bits per heavy atom. The van der Waals surface area contributed by atoms with E-state index in [4.69, 9.17) is 19.0 Å². The van der Waals surface area contributed by atoms with Gasteiger partial charge in [0.05, 0.1) is 21.3 Å². The minimum Gasteiger partial charge on any atom is -0.493 e. The number of benzene rings is 1. The monoisotopic (exact) mass is 263 g/mol. The smallest absolute Gasteiger partial charge is 0.203 e. The van der Waals surface area contributed by atoms with E-state index >= 15 is 0 Å². The van der Waals surface area contributed by atoms with Gasteiger partial charge in [-0.15, -0.1) is 0 Å². The lowest BCUT2D eigenvalue weighted by atomic mass is 10.1. The summed E-state index contributed by atoms with van der Waals surface area (Å²) in [6, 6.07) is 3.53. The van der Waals surface area contributed by atoms with Crippen molar-refractivity contribution in [3.8, 4) is 29.1 Å². The van der Waals surface area contributed by atoms with Gasteiger partial charge in [0.1, 0.15) is 7.11 Å². The Hall–Kier alpha value is -2.35. The van der Waals surface area contributed by atoms with Gasteiger partial charge in [-0.3, -0.25) is 0 Å². The van der Waals surface area contributed by atoms with Gasteiger partial charge in [-0.1, -0.05) is 11.1 Å². The molecule has 1 aromatic carbocycles. The van der Waals surface area contributed by atoms with Crippen molar-refractivity contribution >= 4 is 5.71 Å². The molecule has 0 bridgehead atoms. The molecule has 0 radical (unpaired) electrons. The zero-order chi connectivity index (χ0) is 14.3. The molecule has 5 nitrogen and oxygen atoms in total. The molecule has 5 heteroatoms. The van der Waals surface area contributed by atoms with Crippen molar-refractivity contribution in [2.75, 3.05) is 28.4 Å². The lowest BCUT2D eigenvalue weighted by Crippen LogP contribution is -2.02. The zero-order valence-electron chi connectivity index (χ0n) is 11.7. The summed E-state index contributed by atoms with van der Waals surface area (Å²) >= 11 is 0. The van der Waals surface area contributed by atoms with Crippen LogP contribution in [-0.2, 0) is 4.84 Å². The maximum atomic E-state index is 5.28. The first-order chi connectivity index (χ1) is 9.21. The van der Waals surface area contributed by atoms with Crippen LogP contribution in [0.15, 0.2) is 17.3 Å². The van der Waals surface area contributed by atoms with Crippen LogP contribution in [0.1, 0.15) is 12.5 Å². The molecule has 0 saturated carbocycles. The average Bonchev–Trinajstić information content (AvgIpc) is 2.45. The molecule has 0 aromatic heterocycles. The Balaban J connectivity index is 3.43. The number of rotatable bonds is 5. The number of hydrogen-bond donors (Lipinski definition) is 0. The van der Waals surface area contributed by atoms with E-state index in [1.165, 1.54) is 7.11 Å². The summed E-state index contributed by atoms with van der Waals surface area (Å²) in [5, 5.41) is 3.88. The van der Waals surface area contributed by atoms with Gasteiger partial charge in [0.15, 0.2) is 17.2 Å². The Bertz CT molecular complexity index is 501. The van der Waals surface area contributed by atoms with Crippen molar-refractivity contribution in [1.82, 2.24) is 0 Å². The summed E-state index contributed by atoms with van der Waals surface area (Å²) in [6.45, 7) is 1.73. The second-order valence-corrected chi connectivity index (χ2v) is 3.41. The summed E-state index contributed by atoms with van der Waals surface area (Å²) < 4.78 is 15.8. The predicted octanol–water partition coefficient (Wildman–Crippen LogP) is 2.09. The van der Waals surface area contributed by atoms with Crippen LogP contribution in [-0.4, -0.2) is 34.2 Å². The van der Waals surface area contributed by atoms with E-state index < -0.39 is 0 Å². The summed E-state index contributed by atoms with van der Waals surface area (Å²) in [4.78, 5) is 4.79. The number of nitrogens with zero attached hydrogens (tertiary/aromatic N) is 1. The summed E-state index contributed by atoms with van der Waals surface area (Å²) in [6.07, 6.45) is 0. The van der Waals surface area contributed by atoms with Crippen LogP contribution in [0.25, 0.3) is 0 Å². The molecule has 1 aromatic rings. The highest BCUT2D eigenvalue weighted by Gasteiger charge is 2.15. The summed E-state index contributed by atoms with van der Waals surface area (Å²) in [7, 11) is 6.13. The van der Waals surface area contributed by atoms with Gasteiger partial charge >= 0.3 is 0 Å². The van der Waals surface area contributed by atoms with Gasteiger partial charge in [0.2, 0.25) is 5.75 Å². The van der Waals surface area contributed by atoms with Crippen LogP contribution in [0.4, 0.5) is 0 Å². The van der Waals surface area contributed by atoms with Crippen LogP contribution >= 0.6 is 0 Å². The largest absolute Gasteiger partial charge is 0.493 e. The Morgan fingerprint density at radius 3 is 1.95 bits per heavy atom. The van der Waals surface area contributed by atoms with Crippen LogP contribution in [0.5, 0.6) is 17.2 Å². The van der Waals surface area contributed by atoms with Crippen molar-refractivity contribution in [3.05, 3.63) is 17.7 Å². The zero-order valence-corrected chi connectivity index (χ0v) is 11.7. The van der Waals surface area contributed by atoms with Crippen LogP contribution in [0.3, 0.4) is 0 Å². The molecule has 0 aliphatic rings. The van der Waals surface area contributed by atoms with Gasteiger partial charge in [0.25, 0.3) is 0 Å². The van der Waals surface area contributed by atoms with Crippen molar-refractivity contribution in [1.29, 1.82) is 0 Å². The van der Waals surface area contributed by atoms with Crippen molar-refractivity contribution < 1.29 is 19.0 Å². The predicted molar refractivity (Wildman–Crippen MR) is 73.1 cm³/mol. The van der Waals surface area contributed by atoms with E-state index in [0.717, 1.165) is 5.56 Å². The fourth-order valence-corrected chi connectivity index (χ4v) is 1.58. The number of ether oxygens (including phenoxy) is 3. The van der Waals surface area contributed by atoms with Crippen molar-refractivity contribution in [2.24, 2.45) is 5.16 Å². The van der Waals surface area contributed by atoms with Gasteiger partial charge < -0.3 is 19.0 Å². The van der Waals surface area contributed by atoms with Gasteiger partial charge in [-0.25, -0.2) is 0 Å². The van der Waals surface area contributed by atoms with Crippen molar-refractivity contribution in [3.63, 3.8) is 0 Å². The molecule has 1 rings (SSSR count). The molecule has 102 valence electrons. The van der Waals surface area contributed by atoms with Gasteiger partial charge in [0, 0.05) is 5.56 Å². The van der Waals surface area contributed by atoms with E-state index in [1.807, 2.05) is 0 Å². The third kappa shape index (κ3) is 3.32. The summed E-state index contributed by atoms with van der Waals surface area (Å²) in [5.41, 5.74) is 1.22. The van der Waals surface area contributed by atoms with Crippen LogP contribution in [0.2, 0.25) is 0 Å². The highest BCUT2D eigenvalue weighted by molar-refractivity contribution is 6.13. The second-order valence-electron chi connectivity index (χ2n) is 3.41. The van der Waals surface area contributed by atoms with Crippen LogP contribution < -0.4 is 14.2 Å². The minimum absolute atomic E-state index is 0.490. The molecule has 0 aliphatic heterocycles. The fraction of sp³-hybridized carbons (Fsp3) is 0.357. The Labute approximate surface area is 113 Å². The quantitative estimate of drug-likeness (QED) is 0.463. The van der Waals surface area contributed by atoms with Gasteiger partial charge in [-0.2, -0.15) is 0 Å². The molecule has 0 heterocycles. The van der Waals surface area contributed by atoms with Crippen LogP contribution in [0, 0.1) is 11.8 Å². The van der Waals surface area contributed by atoms with E-state index in [-0.39, 0.29) is 0 Å². The SMILES string of the molecule is CC#C/C(=N\OC)c1cc(OC)c(OC)c(OC)c1. The molecule has 0 unspecified atom stereocenters. The second kappa shape index (κ2) is 7.17. The highest BCUT2D eigenvalue weighted by atomic mass is 16.6. The molecular weight excluding hydrogens is 246 g/mol. The first-order valence-corrected chi connectivity index (χ1v) is 5.56. The normalized spacial score (nSPS) is 10.3. The number of oxime groups is 1. The molecule has 0 aliphatic carbocycles. The van der Waals surface area contributed by atoms with E-state index in [9.17, 15) is 0 Å². The first kappa shape index (κ1) is 14.7. The molecule has 0 spiro atoms. The average molecular weight is 263 g/mol. The Morgan fingerprint density at radius 1 is 1.00 bits per heavy atom. The standard InChI is InChI=1S/C14H17NO4/c1-6-7-11(15-19-5)10-8-12(16-2)14(18-4)13(9-10)17-3/h8-9H,1-5H3/b15-11+. The molecule has 0 fully saturated rings. The third-order valence-electron chi connectivity index (χ3n) is 2.36. The first-order valence-electron chi connectivity index (χ1n) is 5.56. The fourth-order valence-electron chi connectivity index (χ4n) is 1.58. The Kier molecular flexibility index (Phi) is 5.55. The summed E-state index contributed by atoms with van der Waals surface area (Å²) in [5.74, 6) is 7.25. The number of methoxy groups -OCH3 is 3. The van der Waals surface area contributed by atoms with Gasteiger partial charge in [-0.05, 0) is 25.0 Å². The molecule has 19 heavy (non-hydrogen) atoms. The third-order valence-corrected chi connectivity index (χ3v) is 2.36. The molecule has 0 N–H and O–H groups in total. The molecular formula is C14H17NO4. The maximum Gasteiger partial charge on any atom is 0.203 e. The molecule has 0 saturated heterocycles. The molecule has 0 atom stereocenters.